The van der Waals surface area contributed by atoms with E-state index in [-0.39, 0.29) is 17.9 Å². The van der Waals surface area contributed by atoms with Crippen molar-refractivity contribution in [2.45, 2.75) is 56.7 Å². The minimum atomic E-state index is -0.264. The predicted molar refractivity (Wildman–Crippen MR) is 66.9 cm³/mol. The van der Waals surface area contributed by atoms with E-state index in [2.05, 4.69) is 10.6 Å². The first-order chi connectivity index (χ1) is 8.75. The van der Waals surface area contributed by atoms with Crippen LogP contribution in [-0.2, 0) is 9.59 Å². The Hall–Kier alpha value is -1.10. The fourth-order valence-electron chi connectivity index (χ4n) is 3.52. The van der Waals surface area contributed by atoms with Crippen LogP contribution < -0.4 is 10.6 Å². The van der Waals surface area contributed by atoms with Crippen LogP contribution in [0.15, 0.2) is 0 Å². The molecule has 0 aliphatic carbocycles. The highest BCUT2D eigenvalue weighted by molar-refractivity contribution is 5.91. The third-order valence-electron chi connectivity index (χ3n) is 4.44. The molecule has 18 heavy (non-hydrogen) atoms. The maximum absolute atomic E-state index is 12.4. The molecule has 0 aromatic carbocycles. The summed E-state index contributed by atoms with van der Waals surface area (Å²) in [7, 11) is 0. The van der Waals surface area contributed by atoms with Gasteiger partial charge in [-0.25, -0.2) is 0 Å². The van der Waals surface area contributed by atoms with E-state index in [1.54, 1.807) is 0 Å². The Balaban J connectivity index is 1.66. The molecule has 2 amide bonds. The van der Waals surface area contributed by atoms with E-state index in [4.69, 9.17) is 0 Å². The van der Waals surface area contributed by atoms with Crippen LogP contribution in [0.25, 0.3) is 0 Å². The zero-order chi connectivity index (χ0) is 12.5. The van der Waals surface area contributed by atoms with Crippen molar-refractivity contribution in [3.63, 3.8) is 0 Å². The van der Waals surface area contributed by atoms with Gasteiger partial charge in [-0.1, -0.05) is 0 Å². The number of nitrogens with zero attached hydrogens (tertiary/aromatic N) is 1. The summed E-state index contributed by atoms with van der Waals surface area (Å²) in [5, 5.41) is 6.29. The van der Waals surface area contributed by atoms with Crippen LogP contribution >= 0.6 is 0 Å². The van der Waals surface area contributed by atoms with Gasteiger partial charge in [0, 0.05) is 25.0 Å². The van der Waals surface area contributed by atoms with Gasteiger partial charge in [0.15, 0.2) is 0 Å². The van der Waals surface area contributed by atoms with Crippen molar-refractivity contribution < 1.29 is 9.59 Å². The summed E-state index contributed by atoms with van der Waals surface area (Å²) in [6, 6.07) is 0.547. The summed E-state index contributed by atoms with van der Waals surface area (Å²) < 4.78 is 0. The van der Waals surface area contributed by atoms with E-state index in [0.29, 0.717) is 24.9 Å². The standard InChI is InChI=1S/C13H21N3O2/c17-12-6-5-10(15-12)13(18)16-8-2-4-11(16)9-3-1-7-14-9/h9-11,14H,1-8H2,(H,15,17). The van der Waals surface area contributed by atoms with Gasteiger partial charge in [0.1, 0.15) is 6.04 Å². The molecule has 3 fully saturated rings. The maximum Gasteiger partial charge on any atom is 0.245 e. The van der Waals surface area contributed by atoms with Gasteiger partial charge in [0.25, 0.3) is 0 Å². The summed E-state index contributed by atoms with van der Waals surface area (Å²) in [4.78, 5) is 25.7. The van der Waals surface area contributed by atoms with Gasteiger partial charge < -0.3 is 15.5 Å². The number of hydrogen-bond acceptors (Lipinski definition) is 3. The molecule has 3 rings (SSSR count). The number of carbonyl (C=O) groups is 2. The lowest BCUT2D eigenvalue weighted by molar-refractivity contribution is -0.135. The molecule has 0 aromatic heterocycles. The van der Waals surface area contributed by atoms with Crippen LogP contribution in [0.5, 0.6) is 0 Å². The molecule has 5 nitrogen and oxygen atoms in total. The van der Waals surface area contributed by atoms with Crippen LogP contribution in [0.2, 0.25) is 0 Å². The molecule has 100 valence electrons. The molecule has 0 radical (unpaired) electrons. The molecule has 3 heterocycles. The molecule has 3 atom stereocenters. The van der Waals surface area contributed by atoms with Crippen LogP contribution in [0.4, 0.5) is 0 Å². The van der Waals surface area contributed by atoms with Crippen molar-refractivity contribution in [2.24, 2.45) is 0 Å². The van der Waals surface area contributed by atoms with Crippen molar-refractivity contribution in [2.75, 3.05) is 13.1 Å². The number of amides is 2. The lowest BCUT2D eigenvalue weighted by atomic mass is 10.0. The number of likely N-dealkylation sites (tertiary alicyclic amines) is 1. The summed E-state index contributed by atoms with van der Waals surface area (Å²) >= 11 is 0. The molecule has 0 bridgehead atoms. The fraction of sp³-hybridized carbons (Fsp3) is 0.846. The van der Waals surface area contributed by atoms with Crippen LogP contribution in [0.1, 0.15) is 38.5 Å². The Labute approximate surface area is 107 Å². The molecule has 3 unspecified atom stereocenters. The average Bonchev–Trinajstić information content (AvgIpc) is 3.08. The number of hydrogen-bond donors (Lipinski definition) is 2. The third-order valence-corrected chi connectivity index (χ3v) is 4.44. The second kappa shape index (κ2) is 4.88. The third kappa shape index (κ3) is 2.11. The van der Waals surface area contributed by atoms with E-state index in [1.807, 2.05) is 4.90 Å². The highest BCUT2D eigenvalue weighted by Gasteiger charge is 2.39. The predicted octanol–water partition coefficient (Wildman–Crippen LogP) is 0.00800. The number of nitrogens with one attached hydrogen (secondary N) is 2. The molecule has 3 saturated heterocycles. The van der Waals surface area contributed by atoms with Crippen LogP contribution in [0, 0.1) is 0 Å². The number of carbonyl (C=O) groups excluding carboxylic acids is 2. The van der Waals surface area contributed by atoms with Crippen molar-refractivity contribution in [3.05, 3.63) is 0 Å². The fourth-order valence-corrected chi connectivity index (χ4v) is 3.52. The Morgan fingerprint density at radius 1 is 1.22 bits per heavy atom. The normalized spacial score (nSPS) is 36.1. The lowest BCUT2D eigenvalue weighted by Gasteiger charge is -2.31. The smallest absolute Gasteiger partial charge is 0.245 e. The first-order valence-electron chi connectivity index (χ1n) is 7.09. The summed E-state index contributed by atoms with van der Waals surface area (Å²) in [5.41, 5.74) is 0. The second-order valence-electron chi connectivity index (χ2n) is 5.60. The van der Waals surface area contributed by atoms with Crippen molar-refractivity contribution in [1.29, 1.82) is 0 Å². The number of rotatable bonds is 2. The molecule has 5 heteroatoms. The molecule has 0 aromatic rings. The highest BCUT2D eigenvalue weighted by atomic mass is 16.2. The molecule has 3 aliphatic heterocycles. The van der Waals surface area contributed by atoms with E-state index >= 15 is 0 Å². The minimum Gasteiger partial charge on any atom is -0.344 e. The van der Waals surface area contributed by atoms with Gasteiger partial charge in [0.05, 0.1) is 0 Å². The topological polar surface area (TPSA) is 61.4 Å². The van der Waals surface area contributed by atoms with Crippen molar-refractivity contribution in [1.82, 2.24) is 15.5 Å². The van der Waals surface area contributed by atoms with Gasteiger partial charge >= 0.3 is 0 Å². The zero-order valence-corrected chi connectivity index (χ0v) is 10.7. The van der Waals surface area contributed by atoms with Crippen molar-refractivity contribution in [3.8, 4) is 0 Å². The largest absolute Gasteiger partial charge is 0.344 e. The van der Waals surface area contributed by atoms with E-state index in [0.717, 1.165) is 25.9 Å². The first-order valence-corrected chi connectivity index (χ1v) is 7.09. The van der Waals surface area contributed by atoms with Gasteiger partial charge in [-0.15, -0.1) is 0 Å². The van der Waals surface area contributed by atoms with Gasteiger partial charge in [-0.05, 0) is 38.6 Å². The quantitative estimate of drug-likeness (QED) is 0.726. The second-order valence-corrected chi connectivity index (χ2v) is 5.60. The monoisotopic (exact) mass is 251 g/mol. The van der Waals surface area contributed by atoms with Crippen LogP contribution in [-0.4, -0.2) is 47.9 Å². The lowest BCUT2D eigenvalue weighted by Crippen LogP contribution is -2.51. The molecule has 0 saturated carbocycles. The molecule has 2 N–H and O–H groups in total. The average molecular weight is 251 g/mol. The van der Waals surface area contributed by atoms with Crippen molar-refractivity contribution >= 4 is 11.8 Å². The minimum absolute atomic E-state index is 0.0167. The van der Waals surface area contributed by atoms with Gasteiger partial charge in [0.2, 0.25) is 11.8 Å². The Kier molecular flexibility index (Phi) is 3.24. The summed E-state index contributed by atoms with van der Waals surface area (Å²) in [6.45, 7) is 1.93. The summed E-state index contributed by atoms with van der Waals surface area (Å²) in [6.07, 6.45) is 5.74. The van der Waals surface area contributed by atoms with Gasteiger partial charge in [-0.3, -0.25) is 9.59 Å². The van der Waals surface area contributed by atoms with E-state index < -0.39 is 0 Å². The Morgan fingerprint density at radius 2 is 2.11 bits per heavy atom. The molecular weight excluding hydrogens is 230 g/mol. The Morgan fingerprint density at radius 3 is 2.78 bits per heavy atom. The molecule has 3 aliphatic rings. The summed E-state index contributed by atoms with van der Waals surface area (Å²) in [5.74, 6) is 0.153. The maximum atomic E-state index is 12.4. The zero-order valence-electron chi connectivity index (χ0n) is 10.7. The molecular formula is C13H21N3O2. The van der Waals surface area contributed by atoms with Crippen LogP contribution in [0.3, 0.4) is 0 Å². The first kappa shape index (κ1) is 12.0. The SMILES string of the molecule is O=C1CCC(C(=O)N2CCCC2C2CCCN2)N1. The van der Waals surface area contributed by atoms with E-state index in [9.17, 15) is 9.59 Å². The molecule has 0 spiro atoms. The van der Waals surface area contributed by atoms with E-state index in [1.165, 1.54) is 12.8 Å². The highest BCUT2D eigenvalue weighted by Crippen LogP contribution is 2.26. The Bertz CT molecular complexity index is 352. The van der Waals surface area contributed by atoms with Gasteiger partial charge in [-0.2, -0.15) is 0 Å².